The maximum atomic E-state index is 13.6. The molecule has 2 heterocycles. The van der Waals surface area contributed by atoms with E-state index in [0.29, 0.717) is 4.90 Å². The van der Waals surface area contributed by atoms with Crippen molar-refractivity contribution in [2.24, 2.45) is 0 Å². The zero-order valence-corrected chi connectivity index (χ0v) is 14.6. The van der Waals surface area contributed by atoms with E-state index in [-0.39, 0.29) is 5.56 Å². The maximum absolute atomic E-state index is 13.6. The molecule has 1 aliphatic heterocycles. The molecule has 0 unspecified atom stereocenters. The summed E-state index contributed by atoms with van der Waals surface area (Å²) in [6.45, 7) is -7.32. The van der Waals surface area contributed by atoms with E-state index in [1.165, 1.54) is 0 Å². The molecule has 1 aromatic heterocycles. The molecule has 4 rings (SSSR count). The molecule has 3 aromatic rings. The van der Waals surface area contributed by atoms with Gasteiger partial charge in [-0.1, -0.05) is 18.2 Å². The van der Waals surface area contributed by atoms with Gasteiger partial charge in [0.1, 0.15) is 23.9 Å². The smallest absolute Gasteiger partial charge is 0.491 e. The number of hydrogen-bond acceptors (Lipinski definition) is 5. The van der Waals surface area contributed by atoms with Gasteiger partial charge in [0.2, 0.25) is 0 Å². The molecule has 2 aromatic carbocycles. The van der Waals surface area contributed by atoms with Crippen molar-refractivity contribution in [2.75, 3.05) is 13.1 Å². The Balaban J connectivity index is 1.87. The van der Waals surface area contributed by atoms with Gasteiger partial charge >= 0.3 is 6.36 Å². The van der Waals surface area contributed by atoms with Crippen LogP contribution in [0.4, 0.5) is 13.2 Å². The minimum absolute atomic E-state index is 0.240. The van der Waals surface area contributed by atoms with Crippen molar-refractivity contribution in [3.63, 3.8) is 0 Å². The number of nitrogens with zero attached hydrogens (tertiary/aromatic N) is 3. The number of alkyl halides is 3. The van der Waals surface area contributed by atoms with Crippen LogP contribution in [0.2, 0.25) is 0 Å². The summed E-state index contributed by atoms with van der Waals surface area (Å²) < 4.78 is 135. The molecular weight excluding hydrogens is 399 g/mol. The summed E-state index contributed by atoms with van der Waals surface area (Å²) in [4.78, 5) is 21.2. The zero-order chi connectivity index (χ0) is 30.8. The average Bonchev–Trinajstić information content (AvgIpc) is 2.91. The van der Waals surface area contributed by atoms with Gasteiger partial charge in [-0.05, 0) is 41.4 Å². The van der Waals surface area contributed by atoms with Gasteiger partial charge in [0, 0.05) is 12.3 Å². The maximum Gasteiger partial charge on any atom is 0.573 e. The number of carbonyl (C=O) groups excluding carboxylic acids is 1. The normalized spacial score (nSPS) is 22.6. The molecule has 0 aliphatic carbocycles. The summed E-state index contributed by atoms with van der Waals surface area (Å²) in [5.41, 5.74) is -1.32. The third-order valence-corrected chi connectivity index (χ3v) is 3.69. The van der Waals surface area contributed by atoms with Gasteiger partial charge in [0.25, 0.3) is 5.91 Å². The number of carbonyl (C=O) groups is 1. The number of fused-ring (bicyclic) bond motifs is 1. The van der Waals surface area contributed by atoms with Gasteiger partial charge in [0.05, 0.1) is 33.7 Å². The SMILES string of the molecule is [2H]c1nc(CN2C(=O)c3cc(-c4c([2H])c([2H])c(OC(F)(F)F)c([2H])c4[2H])ccc3OC([2H])([2H])C2([2H])[2H])nc([2H])c1[2H]. The quantitative estimate of drug-likeness (QED) is 0.629. The van der Waals surface area contributed by atoms with Crippen LogP contribution in [0, 0.1) is 0 Å². The lowest BCUT2D eigenvalue weighted by molar-refractivity contribution is -0.274. The first-order valence-corrected chi connectivity index (χ1v) is 8.09. The second-order valence-corrected chi connectivity index (χ2v) is 5.66. The van der Waals surface area contributed by atoms with Crippen molar-refractivity contribution in [3.8, 4) is 22.6 Å². The Hall–Kier alpha value is -3.62. The van der Waals surface area contributed by atoms with E-state index in [0.717, 1.165) is 18.2 Å². The Morgan fingerprint density at radius 1 is 1.17 bits per heavy atom. The molecule has 0 fully saturated rings. The molecule has 9 heteroatoms. The highest BCUT2D eigenvalue weighted by atomic mass is 19.4. The molecular formula is C21H16F3N3O3. The molecule has 1 aliphatic rings. The van der Waals surface area contributed by atoms with Gasteiger partial charge in [-0.15, -0.1) is 13.2 Å². The Morgan fingerprint density at radius 3 is 2.60 bits per heavy atom. The van der Waals surface area contributed by atoms with Crippen molar-refractivity contribution in [1.82, 2.24) is 14.9 Å². The van der Waals surface area contributed by atoms with Gasteiger partial charge in [-0.3, -0.25) is 4.79 Å². The molecule has 154 valence electrons. The van der Waals surface area contributed by atoms with Crippen molar-refractivity contribution < 1.29 is 42.5 Å². The Kier molecular flexibility index (Phi) is 2.78. The fourth-order valence-electron chi connectivity index (χ4n) is 2.44. The highest BCUT2D eigenvalue weighted by Crippen LogP contribution is 2.31. The van der Waals surface area contributed by atoms with E-state index >= 15 is 0 Å². The summed E-state index contributed by atoms with van der Waals surface area (Å²) in [6.07, 6.45) is -6.72. The fourth-order valence-corrected chi connectivity index (χ4v) is 2.44. The number of amides is 1. The van der Waals surface area contributed by atoms with Gasteiger partial charge in [-0.25, -0.2) is 9.97 Å². The Morgan fingerprint density at radius 2 is 1.90 bits per heavy atom. The van der Waals surface area contributed by atoms with E-state index in [1.54, 1.807) is 0 Å². The van der Waals surface area contributed by atoms with Gasteiger partial charge in [-0.2, -0.15) is 0 Å². The molecule has 0 saturated heterocycles. The van der Waals surface area contributed by atoms with Crippen molar-refractivity contribution in [3.05, 3.63) is 72.1 Å². The summed E-state index contributed by atoms with van der Waals surface area (Å²) in [5, 5.41) is 0. The number of benzene rings is 2. The molecule has 1 amide bonds. The Labute approximate surface area is 185 Å². The van der Waals surface area contributed by atoms with Gasteiger partial charge in [0.15, 0.2) is 0 Å². The third-order valence-electron chi connectivity index (χ3n) is 3.69. The van der Waals surface area contributed by atoms with Crippen LogP contribution >= 0.6 is 0 Å². The van der Waals surface area contributed by atoms with Crippen molar-refractivity contribution in [2.45, 2.75) is 12.9 Å². The van der Waals surface area contributed by atoms with Crippen molar-refractivity contribution >= 4 is 5.91 Å². The van der Waals surface area contributed by atoms with Crippen LogP contribution < -0.4 is 9.47 Å². The van der Waals surface area contributed by atoms with Crippen LogP contribution in [-0.4, -0.2) is 40.2 Å². The van der Waals surface area contributed by atoms with E-state index in [9.17, 15) is 18.0 Å². The third kappa shape index (κ3) is 4.51. The lowest BCUT2D eigenvalue weighted by Crippen LogP contribution is -2.32. The first kappa shape index (κ1) is 10.4. The number of hydrogen-bond donors (Lipinski definition) is 0. The second kappa shape index (κ2) is 8.02. The fraction of sp³-hybridized carbons (Fsp3) is 0.190. The number of halogens is 3. The van der Waals surface area contributed by atoms with Crippen LogP contribution in [0.25, 0.3) is 11.1 Å². The van der Waals surface area contributed by atoms with E-state index in [4.69, 9.17) is 19.8 Å². The predicted molar refractivity (Wildman–Crippen MR) is 101 cm³/mol. The molecule has 0 N–H and O–H groups in total. The van der Waals surface area contributed by atoms with Gasteiger partial charge < -0.3 is 14.4 Å². The summed E-state index contributed by atoms with van der Waals surface area (Å²) in [6, 6.07) is -1.89. The topological polar surface area (TPSA) is 64.6 Å². The largest absolute Gasteiger partial charge is 0.573 e. The monoisotopic (exact) mass is 426 g/mol. The van der Waals surface area contributed by atoms with E-state index in [1.807, 2.05) is 0 Å². The average molecular weight is 426 g/mol. The number of rotatable bonds is 4. The molecule has 30 heavy (non-hydrogen) atoms. The first-order chi connectivity index (χ1) is 18.8. The van der Waals surface area contributed by atoms with E-state index < -0.39 is 103 Å². The lowest BCUT2D eigenvalue weighted by atomic mass is 10.0. The van der Waals surface area contributed by atoms with E-state index in [2.05, 4.69) is 14.7 Å². The van der Waals surface area contributed by atoms with Crippen LogP contribution in [-0.2, 0) is 6.54 Å². The van der Waals surface area contributed by atoms with Crippen LogP contribution in [0.15, 0.2) is 60.8 Å². The summed E-state index contributed by atoms with van der Waals surface area (Å²) in [5.74, 6) is -3.58. The number of aromatic nitrogens is 2. The minimum Gasteiger partial charge on any atom is -0.491 e. The minimum atomic E-state index is -5.31. The molecule has 6 nitrogen and oxygen atoms in total. The number of ether oxygens (including phenoxy) is 2. The lowest BCUT2D eigenvalue weighted by Gasteiger charge is -2.19. The molecule has 0 bridgehead atoms. The first-order valence-electron chi connectivity index (χ1n) is 13.6. The van der Waals surface area contributed by atoms with Crippen LogP contribution in [0.1, 0.15) is 31.3 Å². The summed E-state index contributed by atoms with van der Waals surface area (Å²) >= 11 is 0. The highest BCUT2D eigenvalue weighted by Gasteiger charge is 2.31. The molecule has 0 radical (unpaired) electrons. The molecule has 0 saturated carbocycles. The molecule has 0 atom stereocenters. The summed E-state index contributed by atoms with van der Waals surface area (Å²) in [7, 11) is 0. The van der Waals surface area contributed by atoms with Crippen LogP contribution in [0.3, 0.4) is 0 Å². The zero-order valence-electron chi connectivity index (χ0n) is 25.6. The van der Waals surface area contributed by atoms with Crippen LogP contribution in [0.5, 0.6) is 11.5 Å². The standard InChI is InChI=1S/C21H16F3N3O3/c22-21(23,24)30-16-5-2-14(3-6-16)15-4-7-18-17(12-15)20(28)27(10-11-29-18)13-19-25-8-1-9-26-19/h1-9,12H,10-11,13H2/i1D,2D,3D,5D,6D,8D,9D,10D2,11D2. The van der Waals surface area contributed by atoms with Crippen molar-refractivity contribution in [1.29, 1.82) is 0 Å². The highest BCUT2D eigenvalue weighted by molar-refractivity contribution is 5.98. The predicted octanol–water partition coefficient (Wildman–Crippen LogP) is 4.08. The molecule has 0 spiro atoms. The second-order valence-electron chi connectivity index (χ2n) is 5.66. The Bertz CT molecular complexity index is 1540.